The summed E-state index contributed by atoms with van der Waals surface area (Å²) in [5.41, 5.74) is -0.0427. The molecule has 1 saturated heterocycles. The van der Waals surface area contributed by atoms with E-state index >= 15 is 0 Å². The molecule has 0 saturated carbocycles. The van der Waals surface area contributed by atoms with Gasteiger partial charge in [0.25, 0.3) is 10.0 Å². The van der Waals surface area contributed by atoms with Gasteiger partial charge in [-0.25, -0.2) is 22.2 Å². The SMILES string of the molecule is Cc1nc(S(=O)(=O)N2CCC(C(=O)OCc3cccc(F)c3F)CC2)cn1C. The van der Waals surface area contributed by atoms with Crippen molar-refractivity contribution in [3.63, 3.8) is 0 Å². The number of aryl methyl sites for hydroxylation is 2. The van der Waals surface area contributed by atoms with Crippen molar-refractivity contribution >= 4 is 16.0 Å². The highest BCUT2D eigenvalue weighted by atomic mass is 32.2. The minimum Gasteiger partial charge on any atom is -0.460 e. The van der Waals surface area contributed by atoms with Gasteiger partial charge >= 0.3 is 5.97 Å². The minimum atomic E-state index is -3.72. The third-order valence-electron chi connectivity index (χ3n) is 4.88. The number of rotatable bonds is 5. The molecule has 1 fully saturated rings. The number of esters is 1. The summed E-state index contributed by atoms with van der Waals surface area (Å²) in [5.74, 6) is -2.50. The van der Waals surface area contributed by atoms with Gasteiger partial charge in [0.15, 0.2) is 16.7 Å². The summed E-state index contributed by atoms with van der Waals surface area (Å²) in [6, 6.07) is 3.67. The molecule has 7 nitrogen and oxygen atoms in total. The lowest BCUT2D eigenvalue weighted by molar-refractivity contribution is -0.151. The Balaban J connectivity index is 1.57. The fourth-order valence-corrected chi connectivity index (χ4v) is 4.54. The maximum atomic E-state index is 13.6. The van der Waals surface area contributed by atoms with E-state index in [1.165, 1.54) is 22.6 Å². The molecule has 10 heteroatoms. The van der Waals surface area contributed by atoms with Gasteiger partial charge in [0.1, 0.15) is 12.4 Å². The normalized spacial score (nSPS) is 16.3. The molecule has 3 rings (SSSR count). The first-order valence-electron chi connectivity index (χ1n) is 8.80. The fraction of sp³-hybridized carbons (Fsp3) is 0.444. The number of halogens is 2. The molecule has 0 aliphatic carbocycles. The Labute approximate surface area is 162 Å². The summed E-state index contributed by atoms with van der Waals surface area (Å²) in [5, 5.41) is -0.0184. The Morgan fingerprint density at radius 2 is 1.96 bits per heavy atom. The van der Waals surface area contributed by atoms with Crippen molar-refractivity contribution in [2.45, 2.75) is 31.4 Å². The van der Waals surface area contributed by atoms with E-state index in [0.29, 0.717) is 5.82 Å². The Morgan fingerprint density at radius 3 is 2.57 bits per heavy atom. The zero-order valence-electron chi connectivity index (χ0n) is 15.6. The number of carbonyl (C=O) groups is 1. The lowest BCUT2D eigenvalue weighted by Crippen LogP contribution is -2.40. The summed E-state index contributed by atoms with van der Waals surface area (Å²) in [7, 11) is -2.01. The molecule has 0 bridgehead atoms. The van der Waals surface area contributed by atoms with Gasteiger partial charge in [0.2, 0.25) is 0 Å². The van der Waals surface area contributed by atoms with Crippen LogP contribution in [0, 0.1) is 24.5 Å². The largest absolute Gasteiger partial charge is 0.460 e. The second-order valence-corrected chi connectivity index (χ2v) is 8.62. The van der Waals surface area contributed by atoms with Crippen molar-refractivity contribution < 1.29 is 26.7 Å². The monoisotopic (exact) mass is 413 g/mol. The molecular weight excluding hydrogens is 392 g/mol. The molecule has 1 aliphatic rings. The molecule has 0 spiro atoms. The van der Waals surface area contributed by atoms with Crippen molar-refractivity contribution in [3.05, 3.63) is 47.4 Å². The van der Waals surface area contributed by atoms with Crippen molar-refractivity contribution in [3.8, 4) is 0 Å². The Hall–Kier alpha value is -2.33. The van der Waals surface area contributed by atoms with Gasteiger partial charge in [-0.15, -0.1) is 0 Å². The molecular formula is C18H21F2N3O4S. The highest BCUT2D eigenvalue weighted by Crippen LogP contribution is 2.25. The van der Waals surface area contributed by atoms with Gasteiger partial charge in [-0.1, -0.05) is 12.1 Å². The van der Waals surface area contributed by atoms with Crippen LogP contribution in [0.4, 0.5) is 8.78 Å². The molecule has 0 atom stereocenters. The van der Waals surface area contributed by atoms with Crippen molar-refractivity contribution in [1.82, 2.24) is 13.9 Å². The summed E-state index contributed by atoms with van der Waals surface area (Å²) in [4.78, 5) is 16.3. The van der Waals surface area contributed by atoms with E-state index in [2.05, 4.69) is 4.98 Å². The highest BCUT2D eigenvalue weighted by molar-refractivity contribution is 7.89. The van der Waals surface area contributed by atoms with Crippen LogP contribution in [0.3, 0.4) is 0 Å². The lowest BCUT2D eigenvalue weighted by atomic mass is 9.98. The topological polar surface area (TPSA) is 81.5 Å². The number of hydrogen-bond acceptors (Lipinski definition) is 5. The standard InChI is InChI=1S/C18H21F2N3O4S/c1-12-21-16(10-22(12)2)28(25,26)23-8-6-13(7-9-23)18(24)27-11-14-4-3-5-15(19)17(14)20/h3-5,10,13H,6-9,11H2,1-2H3. The van der Waals surface area contributed by atoms with Crippen molar-refractivity contribution in [2.24, 2.45) is 13.0 Å². The van der Waals surface area contributed by atoms with Crippen LogP contribution in [0.15, 0.2) is 29.4 Å². The van der Waals surface area contributed by atoms with E-state index in [9.17, 15) is 22.0 Å². The maximum absolute atomic E-state index is 13.6. The van der Waals surface area contributed by atoms with Gasteiger partial charge in [-0.2, -0.15) is 4.31 Å². The maximum Gasteiger partial charge on any atom is 0.309 e. The molecule has 28 heavy (non-hydrogen) atoms. The number of piperidine rings is 1. The Kier molecular flexibility index (Phi) is 5.80. The molecule has 2 heterocycles. The van der Waals surface area contributed by atoms with Crippen LogP contribution < -0.4 is 0 Å². The van der Waals surface area contributed by atoms with Gasteiger partial charge < -0.3 is 9.30 Å². The van der Waals surface area contributed by atoms with Gasteiger partial charge in [0, 0.05) is 31.9 Å². The second-order valence-electron chi connectivity index (χ2n) is 6.74. The summed E-state index contributed by atoms with van der Waals surface area (Å²) in [6.45, 7) is 1.66. The van der Waals surface area contributed by atoms with Crippen LogP contribution in [-0.4, -0.2) is 41.3 Å². The number of aromatic nitrogens is 2. The average Bonchev–Trinajstić information content (AvgIpc) is 3.02. The summed E-state index contributed by atoms with van der Waals surface area (Å²) < 4.78 is 60.2. The molecule has 0 N–H and O–H groups in total. The molecule has 1 aromatic carbocycles. The van der Waals surface area contributed by atoms with E-state index in [1.54, 1.807) is 18.5 Å². The third-order valence-corrected chi connectivity index (χ3v) is 6.65. The predicted octanol–water partition coefficient (Wildman–Crippen LogP) is 2.15. The van der Waals surface area contributed by atoms with E-state index in [1.807, 2.05) is 0 Å². The van der Waals surface area contributed by atoms with Gasteiger partial charge in [-0.05, 0) is 25.8 Å². The average molecular weight is 413 g/mol. The highest BCUT2D eigenvalue weighted by Gasteiger charge is 2.34. The molecule has 1 aromatic heterocycles. The Bertz CT molecular complexity index is 963. The summed E-state index contributed by atoms with van der Waals surface area (Å²) >= 11 is 0. The number of sulfonamides is 1. The zero-order valence-corrected chi connectivity index (χ0v) is 16.4. The van der Waals surface area contributed by atoms with Gasteiger partial charge in [-0.3, -0.25) is 4.79 Å². The molecule has 2 aromatic rings. The van der Waals surface area contributed by atoms with Crippen LogP contribution >= 0.6 is 0 Å². The van der Waals surface area contributed by atoms with Gasteiger partial charge in [0.05, 0.1) is 5.92 Å². The number of imidazole rings is 1. The van der Waals surface area contributed by atoms with E-state index in [4.69, 9.17) is 4.74 Å². The first kappa shape index (κ1) is 20.4. The first-order chi connectivity index (χ1) is 13.2. The lowest BCUT2D eigenvalue weighted by Gasteiger charge is -2.29. The van der Waals surface area contributed by atoms with Crippen LogP contribution in [0.1, 0.15) is 24.2 Å². The van der Waals surface area contributed by atoms with Crippen LogP contribution in [0.5, 0.6) is 0 Å². The molecule has 0 radical (unpaired) electrons. The third kappa shape index (κ3) is 4.07. The summed E-state index contributed by atoms with van der Waals surface area (Å²) in [6.07, 6.45) is 2.03. The zero-order chi connectivity index (χ0) is 20.5. The van der Waals surface area contributed by atoms with Crippen LogP contribution in [0.25, 0.3) is 0 Å². The molecule has 152 valence electrons. The van der Waals surface area contributed by atoms with E-state index in [0.717, 1.165) is 6.07 Å². The Morgan fingerprint density at radius 1 is 1.29 bits per heavy atom. The minimum absolute atomic E-state index is 0.0184. The van der Waals surface area contributed by atoms with Crippen molar-refractivity contribution in [2.75, 3.05) is 13.1 Å². The van der Waals surface area contributed by atoms with Crippen molar-refractivity contribution in [1.29, 1.82) is 0 Å². The molecule has 1 aliphatic heterocycles. The van der Waals surface area contributed by atoms with E-state index < -0.39 is 33.5 Å². The number of hydrogen-bond donors (Lipinski definition) is 0. The number of ether oxygens (including phenoxy) is 1. The number of nitrogens with zero attached hydrogens (tertiary/aromatic N) is 3. The predicted molar refractivity (Wildman–Crippen MR) is 95.6 cm³/mol. The van der Waals surface area contributed by atoms with E-state index in [-0.39, 0.29) is 43.1 Å². The first-order valence-corrected chi connectivity index (χ1v) is 10.2. The fourth-order valence-electron chi connectivity index (χ4n) is 3.04. The number of benzene rings is 1. The second kappa shape index (κ2) is 7.96. The molecule has 0 unspecified atom stereocenters. The quantitative estimate of drug-likeness (QED) is 0.702. The number of carbonyl (C=O) groups excluding carboxylic acids is 1. The van der Waals surface area contributed by atoms with Crippen LogP contribution in [0.2, 0.25) is 0 Å². The van der Waals surface area contributed by atoms with Crippen LogP contribution in [-0.2, 0) is 33.2 Å². The molecule has 0 amide bonds. The smallest absolute Gasteiger partial charge is 0.309 e.